The Morgan fingerprint density at radius 2 is 1.54 bits per heavy atom. The van der Waals surface area contributed by atoms with Crippen LogP contribution in [0.4, 0.5) is 0 Å². The van der Waals surface area contributed by atoms with Crippen LogP contribution >= 0.6 is 24.0 Å². The summed E-state index contributed by atoms with van der Waals surface area (Å²) >= 11 is 6.71. The molecule has 1 N–H and O–H groups in total. The Bertz CT molecular complexity index is 541. The van der Waals surface area contributed by atoms with Crippen LogP contribution in [0.5, 0.6) is 0 Å². The number of nitrogens with zero attached hydrogens (tertiary/aromatic N) is 1. The zero-order chi connectivity index (χ0) is 19.4. The molecule has 0 spiro atoms. The third-order valence-corrected chi connectivity index (χ3v) is 6.03. The number of unbranched alkanes of at least 4 members (excludes halogenated alkanes) is 6. The molecule has 0 aliphatic rings. The number of thiocarbonyl (C=S) groups is 1. The number of hydrogen-bond donors (Lipinski definition) is 1. The summed E-state index contributed by atoms with van der Waals surface area (Å²) in [5, 5.41) is 9.01. The summed E-state index contributed by atoms with van der Waals surface area (Å²) in [7, 11) is 6.71. The van der Waals surface area contributed by atoms with Crippen LogP contribution in [-0.4, -0.2) is 52.7 Å². The molecule has 0 amide bonds. The van der Waals surface area contributed by atoms with Crippen LogP contribution in [0.25, 0.3) is 0 Å². The molecule has 1 aromatic carbocycles. The van der Waals surface area contributed by atoms with Gasteiger partial charge in [-0.25, -0.2) is 0 Å². The molecule has 26 heavy (non-hydrogen) atoms. The molecule has 0 saturated heterocycles. The van der Waals surface area contributed by atoms with Crippen LogP contribution in [0.1, 0.15) is 56.9 Å². The Morgan fingerprint density at radius 1 is 1.00 bits per heavy atom. The van der Waals surface area contributed by atoms with Crippen molar-refractivity contribution in [1.82, 2.24) is 0 Å². The Kier molecular flexibility index (Phi) is 11.1. The lowest BCUT2D eigenvalue weighted by molar-refractivity contribution is -0.870. The van der Waals surface area contributed by atoms with Gasteiger partial charge in [0.1, 0.15) is 5.25 Å². The number of aliphatic carboxylic acids is 1. The summed E-state index contributed by atoms with van der Waals surface area (Å²) < 4.78 is 1.72. The Balaban J connectivity index is 2.16. The van der Waals surface area contributed by atoms with Gasteiger partial charge in [-0.15, -0.1) is 0 Å². The molecule has 3 nitrogen and oxygen atoms in total. The van der Waals surface area contributed by atoms with E-state index in [4.69, 9.17) is 12.2 Å². The van der Waals surface area contributed by atoms with Gasteiger partial charge in [0.05, 0.1) is 31.9 Å². The summed E-state index contributed by atoms with van der Waals surface area (Å²) in [4.78, 5) is 11.5. The molecule has 0 aliphatic carbocycles. The monoisotopic (exact) mass is 396 g/mol. The molecule has 0 aromatic heterocycles. The molecule has 0 heterocycles. The summed E-state index contributed by atoms with van der Waals surface area (Å²) in [6.45, 7) is 1.23. The summed E-state index contributed by atoms with van der Waals surface area (Å²) in [5.41, 5.74) is 0.938. The first-order valence-corrected chi connectivity index (χ1v) is 10.9. The highest BCUT2D eigenvalue weighted by Gasteiger charge is 2.20. The van der Waals surface area contributed by atoms with E-state index in [2.05, 4.69) is 21.1 Å². The molecule has 0 aliphatic heterocycles. The maximum atomic E-state index is 11.5. The number of hydrogen-bond acceptors (Lipinski definition) is 3. The number of quaternary nitrogens is 1. The van der Waals surface area contributed by atoms with Gasteiger partial charge in [-0.05, 0) is 24.8 Å². The fourth-order valence-electron chi connectivity index (χ4n) is 2.80. The van der Waals surface area contributed by atoms with Crippen LogP contribution in [0, 0.1) is 0 Å². The first kappa shape index (κ1) is 23.1. The zero-order valence-electron chi connectivity index (χ0n) is 16.4. The quantitative estimate of drug-likeness (QED) is 0.276. The third kappa shape index (κ3) is 10.9. The van der Waals surface area contributed by atoms with Crippen molar-refractivity contribution in [2.75, 3.05) is 27.7 Å². The summed E-state index contributed by atoms with van der Waals surface area (Å²) in [6.07, 6.45) is 9.09. The number of carboxylic acids is 1. The molecule has 1 aromatic rings. The second-order valence-corrected chi connectivity index (χ2v) is 9.76. The maximum Gasteiger partial charge on any atom is 0.317 e. The minimum Gasteiger partial charge on any atom is -0.480 e. The minimum atomic E-state index is -0.756. The SMILES string of the molecule is C[N+](C)(C)CCCCCCCCCC(SC(=S)c1ccccc1)C(=O)O. The van der Waals surface area contributed by atoms with Gasteiger partial charge in [-0.1, -0.05) is 86.4 Å². The Hall–Kier alpha value is -0.910. The Labute approximate surface area is 168 Å². The second kappa shape index (κ2) is 12.5. The van der Waals surface area contributed by atoms with E-state index < -0.39 is 11.2 Å². The van der Waals surface area contributed by atoms with Crippen molar-refractivity contribution in [3.8, 4) is 0 Å². The average Bonchev–Trinajstić information content (AvgIpc) is 2.58. The van der Waals surface area contributed by atoms with Gasteiger partial charge in [0.25, 0.3) is 0 Å². The van der Waals surface area contributed by atoms with E-state index in [1.54, 1.807) is 0 Å². The van der Waals surface area contributed by atoms with Crippen LogP contribution in [0.2, 0.25) is 0 Å². The Morgan fingerprint density at radius 3 is 2.08 bits per heavy atom. The third-order valence-electron chi connectivity index (χ3n) is 4.33. The van der Waals surface area contributed by atoms with E-state index in [0.29, 0.717) is 10.6 Å². The van der Waals surface area contributed by atoms with Crippen molar-refractivity contribution in [3.63, 3.8) is 0 Å². The van der Waals surface area contributed by atoms with Crippen LogP contribution < -0.4 is 0 Å². The second-order valence-electron chi connectivity index (χ2n) is 7.88. The average molecular weight is 397 g/mol. The van der Waals surface area contributed by atoms with Crippen molar-refractivity contribution in [2.24, 2.45) is 0 Å². The molecular weight excluding hydrogens is 362 g/mol. The van der Waals surface area contributed by atoms with Crippen LogP contribution in [0.15, 0.2) is 30.3 Å². The van der Waals surface area contributed by atoms with Crippen molar-refractivity contribution in [1.29, 1.82) is 0 Å². The molecule has 1 atom stereocenters. The predicted molar refractivity (Wildman–Crippen MR) is 117 cm³/mol. The van der Waals surface area contributed by atoms with Gasteiger partial charge in [0.2, 0.25) is 0 Å². The van der Waals surface area contributed by atoms with Gasteiger partial charge in [-0.2, -0.15) is 0 Å². The summed E-state index contributed by atoms with van der Waals surface area (Å²) in [5.74, 6) is -0.756. The molecule has 0 fully saturated rings. The molecule has 146 valence electrons. The topological polar surface area (TPSA) is 37.3 Å². The highest BCUT2D eigenvalue weighted by molar-refractivity contribution is 8.24. The number of rotatable bonds is 13. The largest absolute Gasteiger partial charge is 0.480 e. The van der Waals surface area contributed by atoms with E-state index in [9.17, 15) is 9.90 Å². The predicted octanol–water partition coefficient (Wildman–Crippen LogP) is 5.38. The van der Waals surface area contributed by atoms with Gasteiger partial charge in [0.15, 0.2) is 0 Å². The number of benzene rings is 1. The van der Waals surface area contributed by atoms with Crippen LogP contribution in [0.3, 0.4) is 0 Å². The lowest BCUT2D eigenvalue weighted by Crippen LogP contribution is -2.35. The molecule has 0 radical (unpaired) electrons. The number of thioether (sulfide) groups is 1. The van der Waals surface area contributed by atoms with Crippen molar-refractivity contribution >= 4 is 34.1 Å². The highest BCUT2D eigenvalue weighted by atomic mass is 32.2. The standard InChI is InChI=1S/C21H33NO2S2/c1-22(2,3)17-13-8-6-4-5-7-12-16-19(20(23)24)26-21(25)18-14-10-9-11-15-18/h9-11,14-15,19H,4-8,12-13,16-17H2,1-3H3/p+1. The summed E-state index contributed by atoms with van der Waals surface area (Å²) in [6, 6.07) is 9.67. The van der Waals surface area contributed by atoms with Crippen molar-refractivity contribution in [3.05, 3.63) is 35.9 Å². The number of carboxylic acid groups (broad SMARTS) is 1. The van der Waals surface area contributed by atoms with Gasteiger partial charge < -0.3 is 9.59 Å². The lowest BCUT2D eigenvalue weighted by Gasteiger charge is -2.23. The van der Waals surface area contributed by atoms with Gasteiger partial charge in [0, 0.05) is 0 Å². The molecule has 1 rings (SSSR count). The molecule has 5 heteroatoms. The first-order valence-electron chi connectivity index (χ1n) is 9.59. The zero-order valence-corrected chi connectivity index (χ0v) is 18.1. The van der Waals surface area contributed by atoms with E-state index in [0.717, 1.165) is 22.9 Å². The van der Waals surface area contributed by atoms with E-state index >= 15 is 0 Å². The van der Waals surface area contributed by atoms with E-state index in [-0.39, 0.29) is 0 Å². The number of carbonyl (C=O) groups is 1. The molecule has 0 saturated carbocycles. The minimum absolute atomic E-state index is 0.438. The van der Waals surface area contributed by atoms with Crippen LogP contribution in [-0.2, 0) is 4.79 Å². The normalized spacial score (nSPS) is 12.7. The molecule has 0 bridgehead atoms. The fourth-order valence-corrected chi connectivity index (χ4v) is 4.20. The van der Waals surface area contributed by atoms with Crippen molar-refractivity contribution < 1.29 is 14.4 Å². The van der Waals surface area contributed by atoms with E-state index in [1.807, 2.05) is 30.3 Å². The maximum absolute atomic E-state index is 11.5. The lowest BCUT2D eigenvalue weighted by atomic mass is 10.1. The smallest absolute Gasteiger partial charge is 0.317 e. The molecule has 1 unspecified atom stereocenters. The van der Waals surface area contributed by atoms with Crippen molar-refractivity contribution in [2.45, 2.75) is 56.6 Å². The van der Waals surface area contributed by atoms with Gasteiger partial charge >= 0.3 is 5.97 Å². The molecular formula is C21H34NO2S2+. The first-order chi connectivity index (χ1) is 12.3. The highest BCUT2D eigenvalue weighted by Crippen LogP contribution is 2.24. The van der Waals surface area contributed by atoms with E-state index in [1.165, 1.54) is 50.4 Å². The fraction of sp³-hybridized carbons (Fsp3) is 0.619. The van der Waals surface area contributed by atoms with Gasteiger partial charge in [-0.3, -0.25) is 4.79 Å².